The number of hydrogen-bond acceptors (Lipinski definition) is 8. The minimum Gasteiger partial charge on any atom is -0.388 e. The second kappa shape index (κ2) is 8.66. The van der Waals surface area contributed by atoms with Crippen LogP contribution in [0.25, 0.3) is 0 Å². The fraction of sp³-hybridized carbons (Fsp3) is 0.778. The molecule has 0 bridgehead atoms. The monoisotopic (exact) mass is 450 g/mol. The Bertz CT molecular complexity index is 927. The van der Waals surface area contributed by atoms with Gasteiger partial charge in [-0.1, -0.05) is 13.8 Å². The van der Waals surface area contributed by atoms with Crippen molar-refractivity contribution in [3.05, 3.63) is 32.6 Å². The molecule has 12 heteroatoms. The second-order valence-electron chi connectivity index (χ2n) is 8.21. The molecule has 1 aliphatic rings. The van der Waals surface area contributed by atoms with Gasteiger partial charge < -0.3 is 29.5 Å². The predicted octanol–water partition coefficient (Wildman–Crippen LogP) is 0.344. The summed E-state index contributed by atoms with van der Waals surface area (Å²) in [6.45, 7) is 7.46. The van der Waals surface area contributed by atoms with E-state index in [0.29, 0.717) is 0 Å². The normalized spacial score (nSPS) is 30.4. The first-order valence-electron chi connectivity index (χ1n) is 9.77. The van der Waals surface area contributed by atoms with E-state index in [1.54, 1.807) is 13.8 Å². The van der Waals surface area contributed by atoms with Crippen LogP contribution >= 0.6 is 7.60 Å². The van der Waals surface area contributed by atoms with Crippen LogP contribution in [0.1, 0.15) is 58.7 Å². The second-order valence-corrected chi connectivity index (χ2v) is 10.4. The Kier molecular flexibility index (Phi) is 7.20. The maximum atomic E-state index is 12.6. The lowest BCUT2D eigenvalue weighted by molar-refractivity contribution is -0.0715. The van der Waals surface area contributed by atoms with Crippen LogP contribution < -0.4 is 11.2 Å². The van der Waals surface area contributed by atoms with Crippen molar-refractivity contribution >= 4 is 7.60 Å². The van der Waals surface area contributed by atoms with E-state index in [4.69, 9.17) is 9.26 Å². The van der Waals surface area contributed by atoms with E-state index >= 15 is 0 Å². The largest absolute Gasteiger partial charge is 0.388 e. The zero-order chi connectivity index (χ0) is 23.1. The molecule has 30 heavy (non-hydrogen) atoms. The number of aryl methyl sites for hydroxylation is 1. The van der Waals surface area contributed by atoms with Gasteiger partial charge in [-0.2, -0.15) is 0 Å². The number of nitrogens with one attached hydrogen (secondary N) is 1. The molecule has 5 N–H and O–H groups in total. The first-order valence-corrected chi connectivity index (χ1v) is 11.4. The molecule has 2 rings (SSSR count). The third-order valence-electron chi connectivity index (χ3n) is 5.76. The predicted molar refractivity (Wildman–Crippen MR) is 107 cm³/mol. The van der Waals surface area contributed by atoms with E-state index < -0.39 is 54.3 Å². The molecule has 0 spiro atoms. The molecule has 1 aromatic heterocycles. The van der Waals surface area contributed by atoms with E-state index in [2.05, 4.69) is 4.98 Å². The zero-order valence-electron chi connectivity index (χ0n) is 17.7. The van der Waals surface area contributed by atoms with Crippen LogP contribution in [-0.4, -0.2) is 59.0 Å². The van der Waals surface area contributed by atoms with Crippen LogP contribution in [0.15, 0.2) is 15.8 Å². The summed E-state index contributed by atoms with van der Waals surface area (Å²) in [6, 6.07) is 0. The molecular weight excluding hydrogens is 419 g/mol. The summed E-state index contributed by atoms with van der Waals surface area (Å²) in [5.74, 6) is 0. The van der Waals surface area contributed by atoms with Crippen molar-refractivity contribution in [1.29, 1.82) is 0 Å². The van der Waals surface area contributed by atoms with Crippen LogP contribution in [0.3, 0.4) is 0 Å². The van der Waals surface area contributed by atoms with Crippen molar-refractivity contribution in [2.24, 2.45) is 0 Å². The highest BCUT2D eigenvalue weighted by atomic mass is 31.2. The van der Waals surface area contributed by atoms with Gasteiger partial charge in [-0.05, 0) is 33.6 Å². The molecule has 1 saturated heterocycles. The molecule has 0 radical (unpaired) electrons. The van der Waals surface area contributed by atoms with Gasteiger partial charge in [0.25, 0.3) is 5.56 Å². The van der Waals surface area contributed by atoms with Gasteiger partial charge in [-0.15, -0.1) is 0 Å². The molecular formula is C18H31N2O9P. The average Bonchev–Trinajstić information content (AvgIpc) is 2.92. The number of H-pyrrole nitrogens is 1. The lowest BCUT2D eigenvalue weighted by Gasteiger charge is -2.37. The van der Waals surface area contributed by atoms with Gasteiger partial charge in [0.15, 0.2) is 11.6 Å². The van der Waals surface area contributed by atoms with Crippen molar-refractivity contribution in [2.45, 2.75) is 89.4 Å². The number of aliphatic hydroxyl groups excluding tert-OH is 2. The van der Waals surface area contributed by atoms with Crippen molar-refractivity contribution in [1.82, 2.24) is 9.55 Å². The Morgan fingerprint density at radius 2 is 1.83 bits per heavy atom. The summed E-state index contributed by atoms with van der Waals surface area (Å²) in [6.07, 6.45) is -3.87. The molecule has 1 aliphatic heterocycles. The quantitative estimate of drug-likeness (QED) is 0.350. The molecule has 1 fully saturated rings. The number of ether oxygens (including phenoxy) is 1. The van der Waals surface area contributed by atoms with E-state index in [1.165, 1.54) is 27.0 Å². The molecule has 0 saturated carbocycles. The first-order chi connectivity index (χ1) is 13.7. The third-order valence-corrected chi connectivity index (χ3v) is 7.98. The maximum Gasteiger partial charge on any atom is 0.359 e. The van der Waals surface area contributed by atoms with Crippen LogP contribution in [-0.2, 0) is 13.8 Å². The molecule has 1 aromatic rings. The summed E-state index contributed by atoms with van der Waals surface area (Å²) in [5, 5.41) is 29.1. The minimum atomic E-state index is -4.46. The van der Waals surface area contributed by atoms with Crippen LogP contribution in [0.5, 0.6) is 0 Å². The van der Waals surface area contributed by atoms with Gasteiger partial charge >= 0.3 is 13.3 Å². The van der Waals surface area contributed by atoms with E-state index in [0.717, 1.165) is 4.57 Å². The maximum absolute atomic E-state index is 12.6. The summed E-state index contributed by atoms with van der Waals surface area (Å²) in [5.41, 5.74) is -2.45. The number of rotatable bonds is 8. The van der Waals surface area contributed by atoms with Gasteiger partial charge in [0, 0.05) is 18.2 Å². The molecule has 7 atom stereocenters. The summed E-state index contributed by atoms with van der Waals surface area (Å²) in [7, 11) is -4.46. The molecule has 0 aliphatic carbocycles. The van der Waals surface area contributed by atoms with Gasteiger partial charge in [-0.3, -0.25) is 18.9 Å². The number of aromatic nitrogens is 2. The van der Waals surface area contributed by atoms with E-state index in [9.17, 15) is 34.4 Å². The van der Waals surface area contributed by atoms with Crippen molar-refractivity contribution in [3.8, 4) is 0 Å². The Morgan fingerprint density at radius 3 is 2.37 bits per heavy atom. The fourth-order valence-corrected chi connectivity index (χ4v) is 4.57. The van der Waals surface area contributed by atoms with Crippen LogP contribution in [0.4, 0.5) is 0 Å². The SMILES string of the molecule is CCC(C)(C[C@H]1O[C@@H](n2cc(C)c(=O)[nH]c2=O)[C@H](O)[C@@H]1O)OP(=O)(O)C(C)(O)CC. The van der Waals surface area contributed by atoms with E-state index in [-0.39, 0.29) is 24.8 Å². The minimum absolute atomic E-state index is 0.0155. The van der Waals surface area contributed by atoms with Crippen molar-refractivity contribution in [2.75, 3.05) is 0 Å². The molecule has 2 heterocycles. The van der Waals surface area contributed by atoms with Gasteiger partial charge in [0.1, 0.15) is 12.2 Å². The van der Waals surface area contributed by atoms with Gasteiger partial charge in [-0.25, -0.2) is 4.79 Å². The number of aliphatic hydroxyl groups is 3. The highest BCUT2D eigenvalue weighted by Crippen LogP contribution is 2.59. The Labute approximate surface area is 173 Å². The number of nitrogens with zero attached hydrogens (tertiary/aromatic N) is 1. The Hall–Kier alpha value is -1.33. The summed E-state index contributed by atoms with van der Waals surface area (Å²) in [4.78, 5) is 36.1. The van der Waals surface area contributed by atoms with Crippen LogP contribution in [0, 0.1) is 6.92 Å². The van der Waals surface area contributed by atoms with Gasteiger partial charge in [0.05, 0.1) is 11.7 Å². The Balaban J connectivity index is 2.28. The Morgan fingerprint density at radius 1 is 1.23 bits per heavy atom. The highest BCUT2D eigenvalue weighted by Gasteiger charge is 2.50. The van der Waals surface area contributed by atoms with Crippen molar-refractivity contribution in [3.63, 3.8) is 0 Å². The highest BCUT2D eigenvalue weighted by molar-refractivity contribution is 7.54. The van der Waals surface area contributed by atoms with Crippen molar-refractivity contribution < 1.29 is 34.0 Å². The first kappa shape index (κ1) is 24.9. The number of aromatic amines is 1. The molecule has 172 valence electrons. The molecule has 0 amide bonds. The smallest absolute Gasteiger partial charge is 0.359 e. The molecule has 3 unspecified atom stereocenters. The zero-order valence-corrected chi connectivity index (χ0v) is 18.6. The molecule has 0 aromatic carbocycles. The number of hydrogen-bond donors (Lipinski definition) is 5. The van der Waals surface area contributed by atoms with Crippen LogP contribution in [0.2, 0.25) is 0 Å². The lowest BCUT2D eigenvalue weighted by atomic mass is 9.93. The third kappa shape index (κ3) is 4.77. The fourth-order valence-electron chi connectivity index (χ4n) is 3.17. The average molecular weight is 450 g/mol. The molecule has 11 nitrogen and oxygen atoms in total. The van der Waals surface area contributed by atoms with E-state index in [1.807, 2.05) is 0 Å². The summed E-state index contributed by atoms with van der Waals surface area (Å²) < 4.78 is 24.7. The summed E-state index contributed by atoms with van der Waals surface area (Å²) >= 11 is 0. The van der Waals surface area contributed by atoms with Gasteiger partial charge in [0.2, 0.25) is 0 Å². The standard InChI is InChI=1S/C18H31N2O9P/c1-6-17(4,29-30(26,27)18(5,25)7-2)8-11-12(21)13(22)15(28-11)20-9-10(3)14(23)19-16(20)24/h9,11-13,15,21-22,25H,6-8H2,1-5H3,(H,26,27)(H,19,23,24)/t11-,12-,13-,15-,17?,18?/m1/s1. The lowest BCUT2D eigenvalue weighted by Crippen LogP contribution is -2.40. The topological polar surface area (TPSA) is 171 Å².